The summed E-state index contributed by atoms with van der Waals surface area (Å²) in [6.45, 7) is 1.70. The number of pyridine rings is 1. The van der Waals surface area contributed by atoms with Crippen LogP contribution in [0.25, 0.3) is 10.2 Å². The highest BCUT2D eigenvalue weighted by Crippen LogP contribution is 2.32. The lowest BCUT2D eigenvalue weighted by molar-refractivity contribution is 0.322. The fraction of sp³-hybridized carbons (Fsp3) is 0.500. The molecule has 0 saturated carbocycles. The van der Waals surface area contributed by atoms with Gasteiger partial charge in [-0.3, -0.25) is 4.98 Å². The average molecular weight is 325 g/mol. The number of hydrogen-bond donors (Lipinski definition) is 0. The Kier molecular flexibility index (Phi) is 3.90. The van der Waals surface area contributed by atoms with Crippen molar-refractivity contribution in [2.24, 2.45) is 0 Å². The monoisotopic (exact) mass is 325 g/mol. The van der Waals surface area contributed by atoms with Gasteiger partial charge in [0.05, 0.1) is 22.2 Å². The highest BCUT2D eigenvalue weighted by molar-refractivity contribution is 7.88. The zero-order chi connectivity index (χ0) is 15.0. The number of nitrogens with zero attached hydrogens (tertiary/aromatic N) is 3. The number of likely N-dealkylation sites (N-methyl/N-ethyl adjacent to an activating group) is 1. The summed E-state index contributed by atoms with van der Waals surface area (Å²) in [6.07, 6.45) is 5.02. The van der Waals surface area contributed by atoms with Gasteiger partial charge in [-0.25, -0.2) is 12.7 Å². The zero-order valence-corrected chi connectivity index (χ0v) is 13.8. The average Bonchev–Trinajstić information content (AvgIpc) is 2.94. The molecular formula is C14H19N3O2S2. The van der Waals surface area contributed by atoms with Crippen LogP contribution >= 0.6 is 11.3 Å². The van der Waals surface area contributed by atoms with Gasteiger partial charge in [-0.05, 0) is 30.4 Å². The second-order valence-electron chi connectivity index (χ2n) is 5.49. The van der Waals surface area contributed by atoms with Gasteiger partial charge in [0.25, 0.3) is 0 Å². The van der Waals surface area contributed by atoms with Crippen LogP contribution < -0.4 is 4.90 Å². The Labute approximate surface area is 129 Å². The van der Waals surface area contributed by atoms with Crippen LogP contribution in [0.1, 0.15) is 12.8 Å². The Morgan fingerprint density at radius 3 is 3.00 bits per heavy atom. The molecule has 0 radical (unpaired) electrons. The fourth-order valence-corrected chi connectivity index (χ4v) is 4.46. The minimum atomic E-state index is -3.14. The maximum atomic E-state index is 11.7. The molecule has 3 heterocycles. The summed E-state index contributed by atoms with van der Waals surface area (Å²) in [7, 11) is -1.47. The summed E-state index contributed by atoms with van der Waals surface area (Å²) in [5, 5.41) is 2.05. The molecular weight excluding hydrogens is 306 g/mol. The molecule has 1 aliphatic rings. The van der Waals surface area contributed by atoms with Gasteiger partial charge in [-0.15, -0.1) is 11.3 Å². The van der Waals surface area contributed by atoms with E-state index in [1.165, 1.54) is 20.9 Å². The smallest absolute Gasteiger partial charge is 0.211 e. The van der Waals surface area contributed by atoms with Crippen molar-refractivity contribution in [3.63, 3.8) is 0 Å². The quantitative estimate of drug-likeness (QED) is 0.868. The normalized spacial score (nSPS) is 20.3. The molecule has 0 spiro atoms. The second-order valence-corrected chi connectivity index (χ2v) is 8.44. The van der Waals surface area contributed by atoms with Crippen molar-refractivity contribution in [2.45, 2.75) is 18.9 Å². The van der Waals surface area contributed by atoms with Crippen molar-refractivity contribution >= 4 is 37.3 Å². The van der Waals surface area contributed by atoms with E-state index >= 15 is 0 Å². The van der Waals surface area contributed by atoms with Crippen LogP contribution in [0.5, 0.6) is 0 Å². The van der Waals surface area contributed by atoms with Gasteiger partial charge in [0.1, 0.15) is 0 Å². The van der Waals surface area contributed by atoms with Crippen molar-refractivity contribution in [3.05, 3.63) is 23.7 Å². The van der Waals surface area contributed by atoms with Gasteiger partial charge < -0.3 is 4.90 Å². The number of anilines is 1. The molecule has 1 saturated heterocycles. The zero-order valence-electron chi connectivity index (χ0n) is 12.2. The summed E-state index contributed by atoms with van der Waals surface area (Å²) in [4.78, 5) is 6.66. The minimum Gasteiger partial charge on any atom is -0.369 e. The topological polar surface area (TPSA) is 53.5 Å². The lowest BCUT2D eigenvalue weighted by atomic mass is 10.1. The van der Waals surface area contributed by atoms with E-state index in [1.807, 2.05) is 23.7 Å². The van der Waals surface area contributed by atoms with Crippen molar-refractivity contribution < 1.29 is 8.42 Å². The molecule has 3 rings (SSSR count). The van der Waals surface area contributed by atoms with E-state index < -0.39 is 10.0 Å². The molecule has 0 amide bonds. The molecule has 1 fully saturated rings. The van der Waals surface area contributed by atoms with Gasteiger partial charge in [-0.1, -0.05) is 0 Å². The Bertz CT molecular complexity index is 742. The van der Waals surface area contributed by atoms with Crippen LogP contribution in [0.2, 0.25) is 0 Å². The summed E-state index contributed by atoms with van der Waals surface area (Å²) in [5.74, 6) is 0. The lowest BCUT2D eigenvalue weighted by Crippen LogP contribution is -2.48. The molecule has 2 aromatic rings. The maximum Gasteiger partial charge on any atom is 0.211 e. The molecule has 0 bridgehead atoms. The van der Waals surface area contributed by atoms with Crippen LogP contribution in [-0.2, 0) is 10.0 Å². The third-order valence-electron chi connectivity index (χ3n) is 4.10. The SMILES string of the molecule is CN(C1CCCN(c2ccnc3ccsc23)C1)S(C)(=O)=O. The standard InChI is InChI=1S/C14H19N3O2S2/c1-16(21(2,18)19)11-4-3-8-17(10-11)13-5-7-15-12-6-9-20-14(12)13/h5-7,9,11H,3-4,8,10H2,1-2H3. The first kappa shape index (κ1) is 14.7. The Balaban J connectivity index is 1.88. The summed E-state index contributed by atoms with van der Waals surface area (Å²) in [5.41, 5.74) is 2.18. The number of piperidine rings is 1. The first-order valence-electron chi connectivity index (χ1n) is 6.97. The Hall–Kier alpha value is -1.18. The molecule has 0 aliphatic carbocycles. The molecule has 5 nitrogen and oxygen atoms in total. The molecule has 1 aliphatic heterocycles. The number of fused-ring (bicyclic) bond motifs is 1. The lowest BCUT2D eigenvalue weighted by Gasteiger charge is -2.37. The third-order valence-corrected chi connectivity index (χ3v) is 6.37. The highest BCUT2D eigenvalue weighted by atomic mass is 32.2. The van der Waals surface area contributed by atoms with E-state index in [9.17, 15) is 8.42 Å². The minimum absolute atomic E-state index is 0.0388. The van der Waals surface area contributed by atoms with E-state index in [-0.39, 0.29) is 6.04 Å². The third kappa shape index (κ3) is 2.90. The molecule has 114 valence electrons. The number of sulfonamides is 1. The van der Waals surface area contributed by atoms with E-state index in [4.69, 9.17) is 0 Å². The van der Waals surface area contributed by atoms with E-state index in [2.05, 4.69) is 9.88 Å². The number of thiophene rings is 1. The molecule has 21 heavy (non-hydrogen) atoms. The molecule has 0 aromatic carbocycles. The number of rotatable bonds is 3. The van der Waals surface area contributed by atoms with Crippen molar-refractivity contribution in [1.82, 2.24) is 9.29 Å². The maximum absolute atomic E-state index is 11.7. The molecule has 2 aromatic heterocycles. The van der Waals surface area contributed by atoms with Gasteiger partial charge >= 0.3 is 0 Å². The molecule has 1 atom stereocenters. The Morgan fingerprint density at radius 2 is 2.24 bits per heavy atom. The number of aromatic nitrogens is 1. The largest absolute Gasteiger partial charge is 0.369 e. The van der Waals surface area contributed by atoms with Gasteiger partial charge in [0.15, 0.2) is 0 Å². The fourth-order valence-electron chi connectivity index (χ4n) is 2.85. The number of hydrogen-bond acceptors (Lipinski definition) is 5. The van der Waals surface area contributed by atoms with E-state index in [0.29, 0.717) is 0 Å². The summed E-state index contributed by atoms with van der Waals surface area (Å²) in [6, 6.07) is 4.09. The molecule has 7 heteroatoms. The second kappa shape index (κ2) is 5.55. The summed E-state index contributed by atoms with van der Waals surface area (Å²) < 4.78 is 26.2. The molecule has 1 unspecified atom stereocenters. The highest BCUT2D eigenvalue weighted by Gasteiger charge is 2.28. The first-order chi connectivity index (χ1) is 9.97. The predicted octanol–water partition coefficient (Wildman–Crippen LogP) is 2.16. The van der Waals surface area contributed by atoms with Crippen LogP contribution in [0, 0.1) is 0 Å². The predicted molar refractivity (Wildman–Crippen MR) is 87.5 cm³/mol. The van der Waals surface area contributed by atoms with Crippen LogP contribution in [-0.4, -0.2) is 50.1 Å². The van der Waals surface area contributed by atoms with Crippen LogP contribution in [0.4, 0.5) is 5.69 Å². The first-order valence-corrected chi connectivity index (χ1v) is 9.70. The van der Waals surface area contributed by atoms with Gasteiger partial charge in [-0.2, -0.15) is 0 Å². The van der Waals surface area contributed by atoms with E-state index in [0.717, 1.165) is 31.4 Å². The van der Waals surface area contributed by atoms with Gasteiger partial charge in [0, 0.05) is 32.4 Å². The van der Waals surface area contributed by atoms with Crippen molar-refractivity contribution in [2.75, 3.05) is 31.3 Å². The summed E-state index contributed by atoms with van der Waals surface area (Å²) >= 11 is 1.69. The van der Waals surface area contributed by atoms with Crippen LogP contribution in [0.3, 0.4) is 0 Å². The van der Waals surface area contributed by atoms with Crippen molar-refractivity contribution in [1.29, 1.82) is 0 Å². The van der Waals surface area contributed by atoms with Crippen LogP contribution in [0.15, 0.2) is 23.7 Å². The molecule has 0 N–H and O–H groups in total. The van der Waals surface area contributed by atoms with Gasteiger partial charge in [0.2, 0.25) is 10.0 Å². The Morgan fingerprint density at radius 1 is 1.43 bits per heavy atom. The van der Waals surface area contributed by atoms with E-state index in [1.54, 1.807) is 18.4 Å². The van der Waals surface area contributed by atoms with Crippen molar-refractivity contribution in [3.8, 4) is 0 Å².